The highest BCUT2D eigenvalue weighted by molar-refractivity contribution is 6.01. The van der Waals surface area contributed by atoms with E-state index in [1.54, 1.807) is 0 Å². The molecule has 1 fully saturated rings. The van der Waals surface area contributed by atoms with Crippen molar-refractivity contribution in [2.24, 2.45) is 5.73 Å². The highest BCUT2D eigenvalue weighted by Crippen LogP contribution is 2.28. The van der Waals surface area contributed by atoms with Crippen LogP contribution >= 0.6 is 0 Å². The molecular formula is C14H21N3. The van der Waals surface area contributed by atoms with E-state index in [1.807, 2.05) is 12.1 Å². The third-order valence-corrected chi connectivity index (χ3v) is 3.46. The number of aryl methyl sites for hydroxylation is 1. The first-order valence-corrected chi connectivity index (χ1v) is 6.45. The summed E-state index contributed by atoms with van der Waals surface area (Å²) < 4.78 is 0. The Balaban J connectivity index is 2.43. The van der Waals surface area contributed by atoms with Crippen LogP contribution in [0.1, 0.15) is 37.3 Å². The van der Waals surface area contributed by atoms with E-state index in [4.69, 9.17) is 11.1 Å². The van der Waals surface area contributed by atoms with Crippen LogP contribution in [0, 0.1) is 5.41 Å². The van der Waals surface area contributed by atoms with E-state index >= 15 is 0 Å². The highest BCUT2D eigenvalue weighted by atomic mass is 15.1. The number of hydrogen-bond acceptors (Lipinski definition) is 2. The van der Waals surface area contributed by atoms with Gasteiger partial charge < -0.3 is 10.6 Å². The molecule has 1 aromatic rings. The SMILES string of the molecule is CCc1cccc(C(=N)N)c1N1CCCCC1. The molecule has 0 unspecified atom stereocenters. The lowest BCUT2D eigenvalue weighted by Gasteiger charge is -2.32. The molecule has 0 aliphatic carbocycles. The fraction of sp³-hybridized carbons (Fsp3) is 0.500. The van der Waals surface area contributed by atoms with Crippen molar-refractivity contribution in [1.29, 1.82) is 5.41 Å². The number of amidine groups is 1. The zero-order valence-corrected chi connectivity index (χ0v) is 10.5. The molecule has 1 aliphatic rings. The zero-order chi connectivity index (χ0) is 12.3. The van der Waals surface area contributed by atoms with Gasteiger partial charge in [0.25, 0.3) is 0 Å². The Kier molecular flexibility index (Phi) is 3.67. The molecule has 0 spiro atoms. The zero-order valence-electron chi connectivity index (χ0n) is 10.5. The predicted molar refractivity (Wildman–Crippen MR) is 72.9 cm³/mol. The molecule has 92 valence electrons. The number of nitrogens with two attached hydrogens (primary N) is 1. The number of nitrogens with one attached hydrogen (secondary N) is 1. The Morgan fingerprint density at radius 3 is 2.59 bits per heavy atom. The average molecular weight is 231 g/mol. The summed E-state index contributed by atoms with van der Waals surface area (Å²) in [5.41, 5.74) is 9.10. The second-order valence-electron chi connectivity index (χ2n) is 4.63. The molecule has 1 saturated heterocycles. The van der Waals surface area contributed by atoms with Crippen LogP contribution in [0.15, 0.2) is 18.2 Å². The van der Waals surface area contributed by atoms with Gasteiger partial charge in [-0.2, -0.15) is 0 Å². The fourth-order valence-corrected chi connectivity index (χ4v) is 2.58. The van der Waals surface area contributed by atoms with Gasteiger partial charge in [-0.15, -0.1) is 0 Å². The van der Waals surface area contributed by atoms with Crippen molar-refractivity contribution in [1.82, 2.24) is 0 Å². The Hall–Kier alpha value is -1.51. The summed E-state index contributed by atoms with van der Waals surface area (Å²) in [7, 11) is 0. The van der Waals surface area contributed by atoms with E-state index in [1.165, 1.54) is 30.5 Å². The normalized spacial score (nSPS) is 15.9. The van der Waals surface area contributed by atoms with Gasteiger partial charge in [0.05, 0.1) is 5.69 Å². The third-order valence-electron chi connectivity index (χ3n) is 3.46. The first-order valence-electron chi connectivity index (χ1n) is 6.45. The lowest BCUT2D eigenvalue weighted by atomic mass is 10.0. The number of hydrogen-bond donors (Lipinski definition) is 2. The Morgan fingerprint density at radius 2 is 2.00 bits per heavy atom. The minimum absolute atomic E-state index is 0.181. The first kappa shape index (κ1) is 12.0. The van der Waals surface area contributed by atoms with Crippen LogP contribution < -0.4 is 10.6 Å². The van der Waals surface area contributed by atoms with Crippen LogP contribution in [0.3, 0.4) is 0 Å². The molecule has 17 heavy (non-hydrogen) atoms. The van der Waals surface area contributed by atoms with E-state index in [9.17, 15) is 0 Å². The summed E-state index contributed by atoms with van der Waals surface area (Å²) >= 11 is 0. The Morgan fingerprint density at radius 1 is 1.29 bits per heavy atom. The molecule has 3 N–H and O–H groups in total. The van der Waals surface area contributed by atoms with Crippen molar-refractivity contribution < 1.29 is 0 Å². The van der Waals surface area contributed by atoms with Crippen LogP contribution in [0.5, 0.6) is 0 Å². The van der Waals surface area contributed by atoms with E-state index in [2.05, 4.69) is 17.9 Å². The molecule has 0 atom stereocenters. The van der Waals surface area contributed by atoms with Crippen LogP contribution in [0.4, 0.5) is 5.69 Å². The lowest BCUT2D eigenvalue weighted by molar-refractivity contribution is 0.576. The second kappa shape index (κ2) is 5.21. The summed E-state index contributed by atoms with van der Waals surface area (Å²) in [5.74, 6) is 0.181. The topological polar surface area (TPSA) is 53.1 Å². The Labute approximate surface area is 103 Å². The molecule has 0 bridgehead atoms. The van der Waals surface area contributed by atoms with Crippen molar-refractivity contribution in [2.45, 2.75) is 32.6 Å². The fourth-order valence-electron chi connectivity index (χ4n) is 2.58. The molecule has 2 rings (SSSR count). The minimum atomic E-state index is 0.181. The van der Waals surface area contributed by atoms with E-state index in [0.29, 0.717) is 0 Å². The van der Waals surface area contributed by atoms with Crippen LogP contribution in [-0.2, 0) is 6.42 Å². The maximum atomic E-state index is 7.72. The van der Waals surface area contributed by atoms with Gasteiger partial charge in [0.1, 0.15) is 5.84 Å². The quantitative estimate of drug-likeness (QED) is 0.620. The third kappa shape index (κ3) is 2.43. The van der Waals surface area contributed by atoms with Crippen LogP contribution in [-0.4, -0.2) is 18.9 Å². The van der Waals surface area contributed by atoms with Gasteiger partial charge in [0, 0.05) is 18.7 Å². The standard InChI is InChI=1S/C14H21N3/c1-2-11-7-6-8-12(14(15)16)13(11)17-9-4-3-5-10-17/h6-8H,2-5,9-10H2,1H3,(H3,15,16). The van der Waals surface area contributed by atoms with Gasteiger partial charge in [0.15, 0.2) is 0 Å². The molecule has 0 saturated carbocycles. The summed E-state index contributed by atoms with van der Waals surface area (Å²) in [4.78, 5) is 2.40. The summed E-state index contributed by atoms with van der Waals surface area (Å²) in [6, 6.07) is 6.12. The van der Waals surface area contributed by atoms with E-state index < -0.39 is 0 Å². The number of rotatable bonds is 3. The minimum Gasteiger partial charge on any atom is -0.384 e. The molecule has 0 radical (unpaired) electrons. The molecule has 0 amide bonds. The van der Waals surface area contributed by atoms with E-state index in [0.717, 1.165) is 25.1 Å². The lowest BCUT2D eigenvalue weighted by Crippen LogP contribution is -2.32. The molecule has 1 aliphatic heterocycles. The maximum Gasteiger partial charge on any atom is 0.124 e. The molecule has 1 heterocycles. The van der Waals surface area contributed by atoms with Gasteiger partial charge in [-0.05, 0) is 37.3 Å². The van der Waals surface area contributed by atoms with Crippen LogP contribution in [0.25, 0.3) is 0 Å². The monoisotopic (exact) mass is 231 g/mol. The summed E-state index contributed by atoms with van der Waals surface area (Å²) in [6.07, 6.45) is 4.80. The number of benzene rings is 1. The number of piperidine rings is 1. The molecule has 3 heteroatoms. The Bertz CT molecular complexity index is 406. The van der Waals surface area contributed by atoms with Crippen LogP contribution in [0.2, 0.25) is 0 Å². The van der Waals surface area contributed by atoms with Gasteiger partial charge in [-0.25, -0.2) is 0 Å². The number of nitrogens with zero attached hydrogens (tertiary/aromatic N) is 1. The number of anilines is 1. The van der Waals surface area contributed by atoms with Crippen molar-refractivity contribution in [3.63, 3.8) is 0 Å². The number of para-hydroxylation sites is 1. The first-order chi connectivity index (χ1) is 8.24. The molecular weight excluding hydrogens is 210 g/mol. The number of nitrogen functional groups attached to an aromatic ring is 1. The van der Waals surface area contributed by atoms with Gasteiger partial charge in [0.2, 0.25) is 0 Å². The van der Waals surface area contributed by atoms with Gasteiger partial charge in [-0.3, -0.25) is 5.41 Å². The average Bonchev–Trinajstić information content (AvgIpc) is 2.38. The van der Waals surface area contributed by atoms with Crippen molar-refractivity contribution >= 4 is 11.5 Å². The summed E-state index contributed by atoms with van der Waals surface area (Å²) in [5, 5.41) is 7.72. The van der Waals surface area contributed by atoms with Crippen molar-refractivity contribution in [3.05, 3.63) is 29.3 Å². The molecule has 0 aromatic heterocycles. The largest absolute Gasteiger partial charge is 0.384 e. The van der Waals surface area contributed by atoms with Gasteiger partial charge in [-0.1, -0.05) is 19.1 Å². The maximum absolute atomic E-state index is 7.72. The second-order valence-corrected chi connectivity index (χ2v) is 4.63. The molecule has 3 nitrogen and oxygen atoms in total. The van der Waals surface area contributed by atoms with E-state index in [-0.39, 0.29) is 5.84 Å². The predicted octanol–water partition coefficient (Wildman–Crippen LogP) is 2.52. The smallest absolute Gasteiger partial charge is 0.124 e. The highest BCUT2D eigenvalue weighted by Gasteiger charge is 2.18. The van der Waals surface area contributed by atoms with Gasteiger partial charge >= 0.3 is 0 Å². The molecule has 1 aromatic carbocycles. The van der Waals surface area contributed by atoms with Crippen molar-refractivity contribution in [2.75, 3.05) is 18.0 Å². The van der Waals surface area contributed by atoms with Crippen molar-refractivity contribution in [3.8, 4) is 0 Å². The summed E-state index contributed by atoms with van der Waals surface area (Å²) in [6.45, 7) is 4.35.